The number of hydrogen-bond acceptors (Lipinski definition) is 5. The summed E-state index contributed by atoms with van der Waals surface area (Å²) in [5.74, 6) is 0.516. The minimum atomic E-state index is -0.298. The molecule has 0 aliphatic rings. The number of nitrogens with zero attached hydrogens (tertiary/aromatic N) is 1. The standard InChI is InChI=1S/C23H23NO5/c1-5-28-20(26)11-17-14(3)24(15-6-8-16(27-4)9-7-15)22-18(17)10-19(25)23-21(22)13(2)12-29-23/h6-10,12,25H,5,11H2,1-4H3. The van der Waals surface area contributed by atoms with Gasteiger partial charge in [0.2, 0.25) is 0 Å². The Morgan fingerprint density at radius 3 is 2.59 bits per heavy atom. The third-order valence-corrected chi connectivity index (χ3v) is 5.26. The predicted molar refractivity (Wildman–Crippen MR) is 111 cm³/mol. The average molecular weight is 393 g/mol. The number of rotatable bonds is 5. The lowest BCUT2D eigenvalue weighted by Crippen LogP contribution is -2.08. The van der Waals surface area contributed by atoms with Crippen molar-refractivity contribution < 1.29 is 23.8 Å². The largest absolute Gasteiger partial charge is 0.504 e. The number of aromatic nitrogens is 1. The van der Waals surface area contributed by atoms with E-state index < -0.39 is 0 Å². The van der Waals surface area contributed by atoms with Crippen LogP contribution in [0.15, 0.2) is 41.0 Å². The van der Waals surface area contributed by atoms with Gasteiger partial charge in [-0.15, -0.1) is 0 Å². The fourth-order valence-electron chi connectivity index (χ4n) is 3.93. The molecule has 4 aromatic rings. The molecule has 29 heavy (non-hydrogen) atoms. The summed E-state index contributed by atoms with van der Waals surface area (Å²) in [5.41, 5.74) is 4.90. The number of furan rings is 1. The molecule has 6 heteroatoms. The molecule has 0 saturated heterocycles. The summed E-state index contributed by atoms with van der Waals surface area (Å²) < 4.78 is 18.2. The number of ether oxygens (including phenoxy) is 2. The fourth-order valence-corrected chi connectivity index (χ4v) is 3.93. The number of methoxy groups -OCH3 is 1. The van der Waals surface area contributed by atoms with Crippen molar-refractivity contribution in [2.45, 2.75) is 27.2 Å². The zero-order valence-corrected chi connectivity index (χ0v) is 16.9. The highest BCUT2D eigenvalue weighted by atomic mass is 16.5. The molecule has 0 fully saturated rings. The first kappa shape index (κ1) is 18.9. The maximum absolute atomic E-state index is 12.3. The molecule has 0 atom stereocenters. The molecular weight excluding hydrogens is 370 g/mol. The van der Waals surface area contributed by atoms with Gasteiger partial charge in [0.25, 0.3) is 0 Å². The van der Waals surface area contributed by atoms with Crippen molar-refractivity contribution in [3.05, 3.63) is 53.4 Å². The Kier molecular flexibility index (Phi) is 4.70. The van der Waals surface area contributed by atoms with Gasteiger partial charge in [-0.1, -0.05) is 0 Å². The van der Waals surface area contributed by atoms with Gasteiger partial charge in [0, 0.05) is 16.8 Å². The number of phenolic OH excluding ortho intramolecular Hbond substituents is 1. The van der Waals surface area contributed by atoms with E-state index >= 15 is 0 Å². The molecule has 0 saturated carbocycles. The van der Waals surface area contributed by atoms with Gasteiger partial charge in [0.1, 0.15) is 5.75 Å². The number of phenols is 1. The van der Waals surface area contributed by atoms with Crippen molar-refractivity contribution in [2.75, 3.05) is 13.7 Å². The SMILES string of the molecule is CCOC(=O)Cc1c(C)n(-c2ccc(OC)cc2)c2c1cc(O)c1occ(C)c12. The van der Waals surface area contributed by atoms with Crippen LogP contribution in [0.3, 0.4) is 0 Å². The van der Waals surface area contributed by atoms with Crippen LogP contribution in [0, 0.1) is 13.8 Å². The Bertz CT molecular complexity index is 1210. The lowest BCUT2D eigenvalue weighted by molar-refractivity contribution is -0.142. The second kappa shape index (κ2) is 7.20. The highest BCUT2D eigenvalue weighted by Crippen LogP contribution is 2.41. The quantitative estimate of drug-likeness (QED) is 0.493. The number of hydrogen-bond donors (Lipinski definition) is 1. The van der Waals surface area contributed by atoms with Crippen LogP contribution < -0.4 is 4.74 Å². The summed E-state index contributed by atoms with van der Waals surface area (Å²) in [6.45, 7) is 6.02. The molecule has 0 spiro atoms. The molecule has 0 bridgehead atoms. The topological polar surface area (TPSA) is 73.8 Å². The first-order chi connectivity index (χ1) is 14.0. The van der Waals surface area contributed by atoms with Crippen LogP contribution in [0.1, 0.15) is 23.7 Å². The highest BCUT2D eigenvalue weighted by Gasteiger charge is 2.24. The fraction of sp³-hybridized carbons (Fsp3) is 0.261. The van der Waals surface area contributed by atoms with Gasteiger partial charge >= 0.3 is 5.97 Å². The molecule has 0 amide bonds. The van der Waals surface area contributed by atoms with E-state index in [0.29, 0.717) is 12.2 Å². The number of carbonyl (C=O) groups is 1. The highest BCUT2D eigenvalue weighted by molar-refractivity contribution is 6.11. The van der Waals surface area contributed by atoms with Crippen LogP contribution in [0.5, 0.6) is 11.5 Å². The summed E-state index contributed by atoms with van der Waals surface area (Å²) in [5, 5.41) is 12.2. The van der Waals surface area contributed by atoms with Crippen LogP contribution in [0.4, 0.5) is 0 Å². The number of aryl methyl sites for hydroxylation is 1. The Balaban J connectivity index is 2.07. The van der Waals surface area contributed by atoms with Crippen molar-refractivity contribution in [3.63, 3.8) is 0 Å². The number of fused-ring (bicyclic) bond motifs is 3. The minimum Gasteiger partial charge on any atom is -0.504 e. The lowest BCUT2D eigenvalue weighted by Gasteiger charge is -2.11. The molecule has 0 unspecified atom stereocenters. The molecule has 6 nitrogen and oxygen atoms in total. The van der Waals surface area contributed by atoms with E-state index in [1.165, 1.54) is 0 Å². The van der Waals surface area contributed by atoms with Crippen LogP contribution >= 0.6 is 0 Å². The van der Waals surface area contributed by atoms with Gasteiger partial charge in [-0.05, 0) is 62.2 Å². The van der Waals surface area contributed by atoms with Crippen LogP contribution in [-0.2, 0) is 16.0 Å². The first-order valence-corrected chi connectivity index (χ1v) is 9.50. The van der Waals surface area contributed by atoms with E-state index in [2.05, 4.69) is 4.57 Å². The molecule has 1 N–H and O–H groups in total. The Hall–Kier alpha value is -3.41. The van der Waals surface area contributed by atoms with Crippen molar-refractivity contribution in [1.82, 2.24) is 4.57 Å². The van der Waals surface area contributed by atoms with Crippen LogP contribution in [0.2, 0.25) is 0 Å². The third-order valence-electron chi connectivity index (χ3n) is 5.26. The molecule has 2 aromatic heterocycles. The monoisotopic (exact) mass is 393 g/mol. The van der Waals surface area contributed by atoms with Crippen molar-refractivity contribution in [1.29, 1.82) is 0 Å². The van der Waals surface area contributed by atoms with Crippen molar-refractivity contribution in [2.24, 2.45) is 0 Å². The molecule has 4 rings (SSSR count). The number of carbonyl (C=O) groups excluding carboxylic acids is 1. The molecule has 150 valence electrons. The number of benzene rings is 2. The van der Waals surface area contributed by atoms with Gasteiger partial charge in [-0.3, -0.25) is 4.79 Å². The zero-order chi connectivity index (χ0) is 20.7. The predicted octanol–water partition coefficient (Wildman–Crippen LogP) is 4.81. The zero-order valence-electron chi connectivity index (χ0n) is 16.9. The number of esters is 1. The van der Waals surface area contributed by atoms with Gasteiger partial charge < -0.3 is 23.6 Å². The summed E-state index contributed by atoms with van der Waals surface area (Å²) in [4.78, 5) is 12.3. The van der Waals surface area contributed by atoms with Crippen molar-refractivity contribution >= 4 is 27.8 Å². The smallest absolute Gasteiger partial charge is 0.310 e. The van der Waals surface area contributed by atoms with Gasteiger partial charge in [-0.25, -0.2) is 0 Å². The van der Waals surface area contributed by atoms with E-state index in [4.69, 9.17) is 13.9 Å². The number of aromatic hydroxyl groups is 1. The summed E-state index contributed by atoms with van der Waals surface area (Å²) in [7, 11) is 1.63. The second-order valence-corrected chi connectivity index (χ2v) is 6.99. The van der Waals surface area contributed by atoms with Gasteiger partial charge in [0.05, 0.1) is 37.3 Å². The molecule has 0 aliphatic heterocycles. The van der Waals surface area contributed by atoms with E-state index in [-0.39, 0.29) is 18.1 Å². The Morgan fingerprint density at radius 1 is 1.21 bits per heavy atom. The molecule has 0 radical (unpaired) electrons. The Morgan fingerprint density at radius 2 is 1.93 bits per heavy atom. The first-order valence-electron chi connectivity index (χ1n) is 9.50. The van der Waals surface area contributed by atoms with E-state index in [9.17, 15) is 9.90 Å². The van der Waals surface area contributed by atoms with Crippen molar-refractivity contribution in [3.8, 4) is 17.2 Å². The molecular formula is C23H23NO5. The Labute approximate surface area is 168 Å². The molecule has 2 heterocycles. The molecule has 2 aromatic carbocycles. The molecule has 0 aliphatic carbocycles. The third kappa shape index (κ3) is 3.01. The maximum atomic E-state index is 12.3. The van der Waals surface area contributed by atoms with Gasteiger partial charge in [0.15, 0.2) is 11.3 Å². The average Bonchev–Trinajstić information content (AvgIpc) is 3.21. The summed E-state index contributed by atoms with van der Waals surface area (Å²) >= 11 is 0. The van der Waals surface area contributed by atoms with Crippen LogP contribution in [0.25, 0.3) is 27.6 Å². The summed E-state index contributed by atoms with van der Waals surface area (Å²) in [6.07, 6.45) is 1.76. The minimum absolute atomic E-state index is 0.0533. The van der Waals surface area contributed by atoms with Crippen LogP contribution in [-0.4, -0.2) is 29.4 Å². The van der Waals surface area contributed by atoms with Gasteiger partial charge in [-0.2, -0.15) is 0 Å². The summed E-state index contributed by atoms with van der Waals surface area (Å²) in [6, 6.07) is 9.39. The van der Waals surface area contributed by atoms with E-state index in [0.717, 1.165) is 44.5 Å². The second-order valence-electron chi connectivity index (χ2n) is 6.99. The van der Waals surface area contributed by atoms with E-state index in [1.54, 1.807) is 26.4 Å². The normalized spacial score (nSPS) is 11.3. The van der Waals surface area contributed by atoms with E-state index in [1.807, 2.05) is 38.1 Å². The lowest BCUT2D eigenvalue weighted by atomic mass is 10.0. The maximum Gasteiger partial charge on any atom is 0.310 e.